The molecule has 0 spiro atoms. The fraction of sp³-hybridized carbons (Fsp3) is 0.333. The van der Waals surface area contributed by atoms with Crippen molar-refractivity contribution >= 4 is 44.5 Å². The number of nitrogens with zero attached hydrogens (tertiary/aromatic N) is 3. The molecule has 1 N–H and O–H groups in total. The Morgan fingerprint density at radius 1 is 1.12 bits per heavy atom. The summed E-state index contributed by atoms with van der Waals surface area (Å²) in [5.74, 6) is -0.238. The van der Waals surface area contributed by atoms with Gasteiger partial charge in [-0.25, -0.2) is 4.98 Å². The minimum atomic E-state index is -3.53. The van der Waals surface area contributed by atoms with Gasteiger partial charge in [-0.1, -0.05) is 0 Å². The molecule has 24 heavy (non-hydrogen) atoms. The second-order valence-electron chi connectivity index (χ2n) is 5.70. The van der Waals surface area contributed by atoms with Crippen LogP contribution >= 0.6 is 11.3 Å². The molecule has 9 heteroatoms. The zero-order chi connectivity index (χ0) is 17.8. The van der Waals surface area contributed by atoms with E-state index in [-0.39, 0.29) is 5.91 Å². The molecule has 1 aromatic carbocycles. The van der Waals surface area contributed by atoms with Gasteiger partial charge in [-0.15, -0.1) is 11.3 Å². The molecule has 7 nitrogen and oxygen atoms in total. The van der Waals surface area contributed by atoms with E-state index in [1.54, 1.807) is 19.1 Å². The summed E-state index contributed by atoms with van der Waals surface area (Å²) in [4.78, 5) is 17.3. The van der Waals surface area contributed by atoms with Crippen molar-refractivity contribution in [1.29, 1.82) is 0 Å². The maximum absolute atomic E-state index is 12.5. The first kappa shape index (κ1) is 16.7. The van der Waals surface area contributed by atoms with E-state index in [0.29, 0.717) is 27.6 Å². The van der Waals surface area contributed by atoms with Crippen LogP contribution in [0.15, 0.2) is 12.1 Å². The third-order valence-electron chi connectivity index (χ3n) is 4.05. The highest BCUT2D eigenvalue weighted by molar-refractivity contribution is 7.94. The molecule has 0 unspecified atom stereocenters. The molecule has 1 aromatic heterocycles. The number of aryl methyl sites for hydroxylation is 3. The van der Waals surface area contributed by atoms with Crippen LogP contribution in [-0.4, -0.2) is 33.4 Å². The number of amides is 1. The van der Waals surface area contributed by atoms with Crippen LogP contribution in [0, 0.1) is 20.8 Å². The number of thiazole rings is 1. The molecular weight excluding hydrogens is 348 g/mol. The number of benzene rings is 1. The number of carbonyl (C=O) groups excluding carboxylic acids is 1. The van der Waals surface area contributed by atoms with E-state index in [2.05, 4.69) is 10.3 Å². The normalized spacial score (nSPS) is 15.5. The Balaban J connectivity index is 1.99. The predicted molar refractivity (Wildman–Crippen MR) is 96.4 cm³/mol. The Kier molecular flexibility index (Phi) is 3.80. The molecule has 0 aliphatic carbocycles. The van der Waals surface area contributed by atoms with Crippen LogP contribution in [-0.2, 0) is 10.2 Å². The van der Waals surface area contributed by atoms with Gasteiger partial charge in [0.1, 0.15) is 4.88 Å². The van der Waals surface area contributed by atoms with E-state index in [9.17, 15) is 13.2 Å². The van der Waals surface area contributed by atoms with Crippen LogP contribution in [0.4, 0.5) is 17.1 Å². The van der Waals surface area contributed by atoms with E-state index in [0.717, 1.165) is 10.6 Å². The minimum absolute atomic E-state index is 0.238. The molecule has 0 saturated carbocycles. The van der Waals surface area contributed by atoms with Crippen LogP contribution in [0.2, 0.25) is 0 Å². The van der Waals surface area contributed by atoms with E-state index in [4.69, 9.17) is 0 Å². The largest absolute Gasteiger partial charge is 0.326 e. The Morgan fingerprint density at radius 3 is 2.25 bits per heavy atom. The van der Waals surface area contributed by atoms with Crippen molar-refractivity contribution < 1.29 is 13.2 Å². The zero-order valence-electron chi connectivity index (χ0n) is 14.0. The number of fused-ring (bicyclic) bond motifs is 1. The molecule has 2 heterocycles. The van der Waals surface area contributed by atoms with Crippen LogP contribution in [0.3, 0.4) is 0 Å². The van der Waals surface area contributed by atoms with Crippen LogP contribution in [0.25, 0.3) is 0 Å². The number of rotatable bonds is 2. The smallest absolute Gasteiger partial charge is 0.321 e. The summed E-state index contributed by atoms with van der Waals surface area (Å²) in [7, 11) is -0.526. The minimum Gasteiger partial charge on any atom is -0.321 e. The molecule has 1 amide bonds. The van der Waals surface area contributed by atoms with Gasteiger partial charge in [-0.3, -0.25) is 13.4 Å². The first-order valence-corrected chi connectivity index (χ1v) is 9.47. The highest BCUT2D eigenvalue weighted by Crippen LogP contribution is 2.42. The van der Waals surface area contributed by atoms with Crippen LogP contribution in [0.5, 0.6) is 0 Å². The third-order valence-corrected chi connectivity index (χ3v) is 6.90. The van der Waals surface area contributed by atoms with E-state index < -0.39 is 10.2 Å². The monoisotopic (exact) mass is 366 g/mol. The molecule has 128 valence electrons. The summed E-state index contributed by atoms with van der Waals surface area (Å²) in [6, 6.07) is 3.45. The summed E-state index contributed by atoms with van der Waals surface area (Å²) in [5, 5.41) is 3.69. The number of hydrogen-bond donors (Lipinski definition) is 1. The summed E-state index contributed by atoms with van der Waals surface area (Å²) in [6.45, 7) is 5.48. The highest BCUT2D eigenvalue weighted by atomic mass is 32.2. The molecule has 2 aromatic rings. The Bertz CT molecular complexity index is 950. The summed E-state index contributed by atoms with van der Waals surface area (Å²) >= 11 is 1.34. The first-order valence-electron chi connectivity index (χ1n) is 7.25. The lowest BCUT2D eigenvalue weighted by Crippen LogP contribution is -2.32. The number of anilines is 3. The lowest BCUT2D eigenvalue weighted by Gasteiger charge is -2.13. The second-order valence-corrected chi connectivity index (χ2v) is 8.89. The molecule has 0 saturated heterocycles. The second kappa shape index (κ2) is 5.45. The number of carbonyl (C=O) groups is 1. The topological polar surface area (TPSA) is 82.6 Å². The third kappa shape index (κ3) is 2.44. The molecule has 1 aliphatic heterocycles. The van der Waals surface area contributed by atoms with Crippen molar-refractivity contribution in [1.82, 2.24) is 4.98 Å². The summed E-state index contributed by atoms with van der Waals surface area (Å²) in [5.41, 5.74) is 3.20. The van der Waals surface area contributed by atoms with Crippen molar-refractivity contribution in [2.24, 2.45) is 0 Å². The molecule has 3 rings (SSSR count). The van der Waals surface area contributed by atoms with E-state index in [1.165, 1.54) is 34.0 Å². The number of aromatic nitrogens is 1. The van der Waals surface area contributed by atoms with Crippen molar-refractivity contribution in [3.63, 3.8) is 0 Å². The maximum atomic E-state index is 12.5. The van der Waals surface area contributed by atoms with Gasteiger partial charge in [0.25, 0.3) is 5.91 Å². The SMILES string of the molecule is Cc1nc(C)c(C(=O)Nc2cc3c(cc2C)N(C)S(=O)(=O)N3C)s1. The zero-order valence-corrected chi connectivity index (χ0v) is 15.7. The van der Waals surface area contributed by atoms with Crippen molar-refractivity contribution in [3.8, 4) is 0 Å². The average molecular weight is 366 g/mol. The fourth-order valence-corrected chi connectivity index (χ4v) is 4.65. The quantitative estimate of drug-likeness (QED) is 0.885. The van der Waals surface area contributed by atoms with Gasteiger partial charge in [-0.05, 0) is 38.5 Å². The number of hydrogen-bond acceptors (Lipinski definition) is 5. The molecule has 0 radical (unpaired) electrons. The molecule has 0 fully saturated rings. The van der Waals surface area contributed by atoms with Crippen molar-refractivity contribution in [2.45, 2.75) is 20.8 Å². The van der Waals surface area contributed by atoms with Gasteiger partial charge < -0.3 is 5.32 Å². The molecule has 1 aliphatic rings. The molecule has 0 atom stereocenters. The fourth-order valence-electron chi connectivity index (χ4n) is 2.67. The van der Waals surface area contributed by atoms with Gasteiger partial charge in [-0.2, -0.15) is 8.42 Å². The number of nitrogens with one attached hydrogen (secondary N) is 1. The Morgan fingerprint density at radius 2 is 1.71 bits per heavy atom. The summed E-state index contributed by atoms with van der Waals surface area (Å²) < 4.78 is 26.9. The van der Waals surface area contributed by atoms with Gasteiger partial charge in [0.2, 0.25) is 0 Å². The summed E-state index contributed by atoms with van der Waals surface area (Å²) in [6.07, 6.45) is 0. The average Bonchev–Trinajstić information content (AvgIpc) is 2.92. The Hall–Kier alpha value is -2.13. The Labute approximate surface area is 145 Å². The first-order chi connectivity index (χ1) is 11.1. The highest BCUT2D eigenvalue weighted by Gasteiger charge is 2.36. The maximum Gasteiger partial charge on any atom is 0.326 e. The van der Waals surface area contributed by atoms with Crippen LogP contribution in [0.1, 0.15) is 25.9 Å². The van der Waals surface area contributed by atoms with E-state index in [1.807, 2.05) is 13.8 Å². The van der Waals surface area contributed by atoms with Gasteiger partial charge in [0.05, 0.1) is 22.1 Å². The predicted octanol–water partition coefficient (Wildman–Crippen LogP) is 2.45. The lowest BCUT2D eigenvalue weighted by atomic mass is 10.1. The van der Waals surface area contributed by atoms with Crippen LogP contribution < -0.4 is 13.9 Å². The van der Waals surface area contributed by atoms with Crippen molar-refractivity contribution in [3.05, 3.63) is 33.3 Å². The molecular formula is C15H18N4O3S2. The van der Waals surface area contributed by atoms with Gasteiger partial charge >= 0.3 is 10.2 Å². The van der Waals surface area contributed by atoms with Gasteiger partial charge in [0.15, 0.2) is 0 Å². The molecule has 0 bridgehead atoms. The van der Waals surface area contributed by atoms with E-state index >= 15 is 0 Å². The standard InChI is InChI=1S/C15H18N4O3S2/c1-8-6-12-13(19(5)24(21,22)18(12)4)7-11(8)17-15(20)14-9(2)16-10(3)23-14/h6-7H,1-5H3,(H,17,20). The lowest BCUT2D eigenvalue weighted by molar-refractivity contribution is 0.102. The van der Waals surface area contributed by atoms with Crippen molar-refractivity contribution in [2.75, 3.05) is 28.0 Å². The van der Waals surface area contributed by atoms with Gasteiger partial charge in [0, 0.05) is 19.8 Å².